The second-order valence-corrected chi connectivity index (χ2v) is 7.72. The molecule has 1 aliphatic rings. The van der Waals surface area contributed by atoms with Gasteiger partial charge in [-0.05, 0) is 25.7 Å². The summed E-state index contributed by atoms with van der Waals surface area (Å²) in [5, 5.41) is 11.0. The summed E-state index contributed by atoms with van der Waals surface area (Å²) in [5.41, 5.74) is 0. The molecule has 0 unspecified atom stereocenters. The molecule has 0 aliphatic carbocycles. The van der Waals surface area contributed by atoms with Gasteiger partial charge in [-0.3, -0.25) is 19.2 Å². The lowest BCUT2D eigenvalue weighted by atomic mass is 10.0. The highest BCUT2D eigenvalue weighted by atomic mass is 16.7. The summed E-state index contributed by atoms with van der Waals surface area (Å²) in [6.07, 6.45) is -1.36. The normalized spacial score (nSPS) is 23.3. The fraction of sp³-hybridized carbons (Fsp3) is 0.818. The lowest BCUT2D eigenvalue weighted by molar-refractivity contribution is -0.243. The average molecular weight is 461 g/mol. The highest BCUT2D eigenvalue weighted by Crippen LogP contribution is 2.33. The topological polar surface area (TPSA) is 135 Å². The second kappa shape index (κ2) is 14.1. The van der Waals surface area contributed by atoms with E-state index in [9.17, 15) is 24.3 Å². The molecule has 0 amide bonds. The highest BCUT2D eigenvalue weighted by Gasteiger charge is 2.58. The zero-order valence-electron chi connectivity index (χ0n) is 19.4. The minimum atomic E-state index is -2.26. The van der Waals surface area contributed by atoms with E-state index in [0.717, 1.165) is 0 Å². The summed E-state index contributed by atoms with van der Waals surface area (Å²) in [6, 6.07) is 0. The molecule has 0 saturated carbocycles. The molecule has 184 valence electrons. The van der Waals surface area contributed by atoms with Crippen LogP contribution in [0, 0.1) is 0 Å². The number of aliphatic hydroxyl groups is 1. The molecule has 1 aliphatic heterocycles. The van der Waals surface area contributed by atoms with Crippen LogP contribution < -0.4 is 0 Å². The van der Waals surface area contributed by atoms with Crippen molar-refractivity contribution in [3.8, 4) is 0 Å². The van der Waals surface area contributed by atoms with Crippen LogP contribution in [0.2, 0.25) is 0 Å². The number of ether oxygens (including phenoxy) is 5. The third kappa shape index (κ3) is 8.74. The van der Waals surface area contributed by atoms with Crippen LogP contribution in [-0.4, -0.2) is 66.3 Å². The van der Waals surface area contributed by atoms with E-state index in [4.69, 9.17) is 23.7 Å². The summed E-state index contributed by atoms with van der Waals surface area (Å²) >= 11 is 0. The number of carbonyl (C=O) groups is 4. The zero-order valence-corrected chi connectivity index (χ0v) is 19.4. The van der Waals surface area contributed by atoms with Gasteiger partial charge >= 0.3 is 23.9 Å². The minimum absolute atomic E-state index is 0.0478. The maximum absolute atomic E-state index is 12.2. The van der Waals surface area contributed by atoms with Crippen LogP contribution in [0.25, 0.3) is 0 Å². The fourth-order valence-electron chi connectivity index (χ4n) is 3.13. The number of carbonyl (C=O) groups excluding carboxylic acids is 4. The molecule has 4 atom stereocenters. The Hall–Kier alpha value is -2.20. The van der Waals surface area contributed by atoms with Crippen molar-refractivity contribution in [2.45, 2.75) is 103 Å². The van der Waals surface area contributed by atoms with Crippen molar-refractivity contribution in [2.24, 2.45) is 0 Å². The zero-order chi connectivity index (χ0) is 24.1. The van der Waals surface area contributed by atoms with Crippen LogP contribution in [0.4, 0.5) is 0 Å². The Labute approximate surface area is 188 Å². The summed E-state index contributed by atoms with van der Waals surface area (Å²) < 4.78 is 26.8. The predicted molar refractivity (Wildman–Crippen MR) is 111 cm³/mol. The Morgan fingerprint density at radius 1 is 0.875 bits per heavy atom. The lowest BCUT2D eigenvalue weighted by Crippen LogP contribution is -2.53. The van der Waals surface area contributed by atoms with Crippen LogP contribution in [0.1, 0.15) is 79.1 Å². The van der Waals surface area contributed by atoms with Crippen molar-refractivity contribution in [3.05, 3.63) is 0 Å². The van der Waals surface area contributed by atoms with E-state index in [2.05, 4.69) is 0 Å². The molecule has 1 fully saturated rings. The molecule has 0 radical (unpaired) electrons. The van der Waals surface area contributed by atoms with Gasteiger partial charge < -0.3 is 28.8 Å². The Kier molecular flexibility index (Phi) is 12.2. The first kappa shape index (κ1) is 27.8. The van der Waals surface area contributed by atoms with E-state index in [-0.39, 0.29) is 32.3 Å². The van der Waals surface area contributed by atoms with Crippen molar-refractivity contribution < 1.29 is 48.0 Å². The average Bonchev–Trinajstić information content (AvgIpc) is 3.01. The van der Waals surface area contributed by atoms with E-state index in [1.165, 1.54) is 0 Å². The molecule has 1 N–H and O–H groups in total. The van der Waals surface area contributed by atoms with Crippen molar-refractivity contribution >= 4 is 23.9 Å². The Bertz CT molecular complexity index is 634. The van der Waals surface area contributed by atoms with Crippen LogP contribution >= 0.6 is 0 Å². The van der Waals surface area contributed by atoms with Gasteiger partial charge in [-0.25, -0.2) is 0 Å². The van der Waals surface area contributed by atoms with E-state index in [1.807, 2.05) is 6.92 Å². The van der Waals surface area contributed by atoms with E-state index >= 15 is 0 Å². The van der Waals surface area contributed by atoms with Crippen LogP contribution in [0.5, 0.6) is 0 Å². The standard InChI is InChI=1S/C22H36O10/c1-5-9-16(23)28-13-15(30-17(24)10-6-2)20-21(31-18(25)11-7-3)22(27,14-29-20)32-19(26)12-8-4/h15,20-21,27H,5-14H2,1-4H3/t15-,20-,21+,22+/m1/s1. The fourth-order valence-corrected chi connectivity index (χ4v) is 3.13. The van der Waals surface area contributed by atoms with Gasteiger partial charge in [0.25, 0.3) is 5.79 Å². The van der Waals surface area contributed by atoms with E-state index in [1.54, 1.807) is 20.8 Å². The van der Waals surface area contributed by atoms with Gasteiger partial charge in [0, 0.05) is 25.7 Å². The van der Waals surface area contributed by atoms with Crippen LogP contribution in [0.3, 0.4) is 0 Å². The molecule has 0 aromatic carbocycles. The van der Waals surface area contributed by atoms with Gasteiger partial charge in [-0.15, -0.1) is 0 Å². The van der Waals surface area contributed by atoms with Crippen molar-refractivity contribution in [1.29, 1.82) is 0 Å². The molecule has 10 heteroatoms. The Morgan fingerprint density at radius 3 is 2.00 bits per heavy atom. The van der Waals surface area contributed by atoms with Gasteiger partial charge in [-0.1, -0.05) is 27.7 Å². The second-order valence-electron chi connectivity index (χ2n) is 7.72. The number of rotatable bonds is 14. The summed E-state index contributed by atoms with van der Waals surface area (Å²) in [7, 11) is 0. The quantitative estimate of drug-likeness (QED) is 0.233. The molecule has 10 nitrogen and oxygen atoms in total. The largest absolute Gasteiger partial charge is 0.462 e. The van der Waals surface area contributed by atoms with Gasteiger partial charge in [0.15, 0.2) is 12.2 Å². The minimum Gasteiger partial charge on any atom is -0.462 e. The molecule has 1 saturated heterocycles. The van der Waals surface area contributed by atoms with Gasteiger partial charge in [0.1, 0.15) is 19.3 Å². The van der Waals surface area contributed by atoms with Crippen molar-refractivity contribution in [2.75, 3.05) is 13.2 Å². The van der Waals surface area contributed by atoms with E-state index < -0.39 is 54.6 Å². The van der Waals surface area contributed by atoms with Crippen LogP contribution in [0.15, 0.2) is 0 Å². The molecule has 0 aromatic rings. The smallest absolute Gasteiger partial charge is 0.308 e. The number of esters is 4. The Morgan fingerprint density at radius 2 is 1.41 bits per heavy atom. The molecule has 0 aromatic heterocycles. The predicted octanol–water partition coefficient (Wildman–Crippen LogP) is 2.18. The maximum atomic E-state index is 12.2. The molecule has 0 spiro atoms. The van der Waals surface area contributed by atoms with Crippen LogP contribution in [-0.2, 0) is 42.9 Å². The van der Waals surface area contributed by atoms with Gasteiger partial charge in [0.05, 0.1) is 0 Å². The maximum Gasteiger partial charge on any atom is 0.308 e. The first-order chi connectivity index (χ1) is 15.2. The third-order valence-electron chi connectivity index (χ3n) is 4.65. The highest BCUT2D eigenvalue weighted by molar-refractivity contribution is 5.71. The first-order valence-electron chi connectivity index (χ1n) is 11.3. The Balaban J connectivity index is 3.14. The van der Waals surface area contributed by atoms with Crippen molar-refractivity contribution in [3.63, 3.8) is 0 Å². The molecule has 1 heterocycles. The third-order valence-corrected chi connectivity index (χ3v) is 4.65. The SMILES string of the molecule is CCCC(=O)OC[C@@H](OC(=O)CCC)[C@H]1OC[C@](O)(OC(=O)CCC)[C@H]1OC(=O)CCC. The number of hydrogen-bond donors (Lipinski definition) is 1. The molecular formula is C22H36O10. The van der Waals surface area contributed by atoms with E-state index in [0.29, 0.717) is 25.7 Å². The summed E-state index contributed by atoms with van der Waals surface area (Å²) in [4.78, 5) is 48.3. The monoisotopic (exact) mass is 460 g/mol. The van der Waals surface area contributed by atoms with Crippen molar-refractivity contribution in [1.82, 2.24) is 0 Å². The molecular weight excluding hydrogens is 424 g/mol. The molecule has 0 bridgehead atoms. The summed E-state index contributed by atoms with van der Waals surface area (Å²) in [5.74, 6) is -4.65. The summed E-state index contributed by atoms with van der Waals surface area (Å²) in [6.45, 7) is 6.30. The van der Waals surface area contributed by atoms with Gasteiger partial charge in [-0.2, -0.15) is 0 Å². The molecule has 1 rings (SSSR count). The molecule has 32 heavy (non-hydrogen) atoms. The number of hydrogen-bond acceptors (Lipinski definition) is 10. The van der Waals surface area contributed by atoms with Gasteiger partial charge in [0.2, 0.25) is 0 Å². The first-order valence-corrected chi connectivity index (χ1v) is 11.3. The lowest BCUT2D eigenvalue weighted by Gasteiger charge is -2.32.